The van der Waals surface area contributed by atoms with Crippen molar-refractivity contribution in [2.45, 2.75) is 25.7 Å². The van der Waals surface area contributed by atoms with Gasteiger partial charge in [-0.25, -0.2) is 4.98 Å². The van der Waals surface area contributed by atoms with Crippen LogP contribution in [0.15, 0.2) is 18.3 Å². The molecule has 1 aliphatic rings. The van der Waals surface area contributed by atoms with E-state index in [1.807, 2.05) is 4.90 Å². The van der Waals surface area contributed by atoms with Gasteiger partial charge in [0.05, 0.1) is 5.56 Å². The largest absolute Gasteiger partial charge is 0.369 e. The number of piperidine rings is 1. The molecule has 0 unspecified atom stereocenters. The first-order valence-corrected chi connectivity index (χ1v) is 7.41. The first-order chi connectivity index (χ1) is 10.2. The molecule has 2 N–H and O–H groups in total. The van der Waals surface area contributed by atoms with Crippen molar-refractivity contribution in [2.24, 2.45) is 0 Å². The molecule has 0 spiro atoms. The predicted octanol–water partition coefficient (Wildman–Crippen LogP) is 1.26. The Hall–Kier alpha value is -2.11. The van der Waals surface area contributed by atoms with Crippen molar-refractivity contribution in [3.63, 3.8) is 0 Å². The number of likely N-dealkylation sites (tertiary alicyclic amines) is 1. The van der Waals surface area contributed by atoms with Crippen molar-refractivity contribution in [2.75, 3.05) is 32.0 Å². The van der Waals surface area contributed by atoms with Crippen molar-refractivity contribution in [1.29, 1.82) is 0 Å². The molecule has 21 heavy (non-hydrogen) atoms. The minimum atomic E-state index is -0.187. The molecule has 2 amide bonds. The first-order valence-electron chi connectivity index (χ1n) is 7.41. The number of carbonyl (C=O) groups excluding carboxylic acids is 2. The molecule has 2 rings (SSSR count). The molecule has 1 aromatic rings. The second kappa shape index (κ2) is 7.61. The van der Waals surface area contributed by atoms with Crippen molar-refractivity contribution in [3.8, 4) is 0 Å². The third-order valence-corrected chi connectivity index (χ3v) is 3.62. The number of nitrogens with one attached hydrogen (secondary N) is 2. The third kappa shape index (κ3) is 4.18. The van der Waals surface area contributed by atoms with Gasteiger partial charge in [0, 0.05) is 39.3 Å². The number of anilines is 1. The summed E-state index contributed by atoms with van der Waals surface area (Å²) in [5.41, 5.74) is 0.491. The van der Waals surface area contributed by atoms with Gasteiger partial charge in [-0.05, 0) is 31.4 Å². The molecule has 6 heteroatoms. The highest BCUT2D eigenvalue weighted by Gasteiger charge is 2.16. The molecule has 0 aliphatic carbocycles. The van der Waals surface area contributed by atoms with Crippen LogP contribution in [-0.4, -0.2) is 48.4 Å². The second-order valence-electron chi connectivity index (χ2n) is 5.10. The zero-order valence-electron chi connectivity index (χ0n) is 12.4. The van der Waals surface area contributed by atoms with E-state index in [4.69, 9.17) is 0 Å². The minimum absolute atomic E-state index is 0.166. The monoisotopic (exact) mass is 290 g/mol. The number of amides is 2. The maximum atomic E-state index is 12.0. The summed E-state index contributed by atoms with van der Waals surface area (Å²) in [6.45, 7) is 2.22. The number of hydrogen-bond donors (Lipinski definition) is 2. The van der Waals surface area contributed by atoms with Crippen LogP contribution >= 0.6 is 0 Å². The molecule has 0 atom stereocenters. The van der Waals surface area contributed by atoms with E-state index >= 15 is 0 Å². The molecule has 114 valence electrons. The lowest BCUT2D eigenvalue weighted by atomic mass is 10.1. The van der Waals surface area contributed by atoms with E-state index in [1.54, 1.807) is 25.4 Å². The average Bonchev–Trinajstić information content (AvgIpc) is 2.55. The lowest BCUT2D eigenvalue weighted by molar-refractivity contribution is -0.131. The normalized spacial score (nSPS) is 14.6. The van der Waals surface area contributed by atoms with Crippen LogP contribution in [0, 0.1) is 0 Å². The number of aromatic nitrogens is 1. The Morgan fingerprint density at radius 3 is 2.76 bits per heavy atom. The highest BCUT2D eigenvalue weighted by Crippen LogP contribution is 2.12. The molecule has 0 aromatic carbocycles. The molecule has 0 radical (unpaired) electrons. The fraction of sp³-hybridized carbons (Fsp3) is 0.533. The highest BCUT2D eigenvalue weighted by atomic mass is 16.2. The Morgan fingerprint density at radius 1 is 1.29 bits per heavy atom. The summed E-state index contributed by atoms with van der Waals surface area (Å²) in [6, 6.07) is 3.43. The second-order valence-corrected chi connectivity index (χ2v) is 5.10. The molecule has 2 heterocycles. The fourth-order valence-electron chi connectivity index (χ4n) is 2.45. The number of carbonyl (C=O) groups is 2. The molecular formula is C15H22N4O2. The Balaban J connectivity index is 1.85. The Bertz CT molecular complexity index is 498. The Morgan fingerprint density at radius 2 is 2.05 bits per heavy atom. The van der Waals surface area contributed by atoms with Crippen LogP contribution in [-0.2, 0) is 4.79 Å². The fourth-order valence-corrected chi connectivity index (χ4v) is 2.45. The quantitative estimate of drug-likeness (QED) is 0.856. The number of pyridine rings is 1. The molecule has 0 saturated carbocycles. The third-order valence-electron chi connectivity index (χ3n) is 3.62. The number of nitrogens with zero attached hydrogens (tertiary/aromatic N) is 2. The molecule has 1 fully saturated rings. The van der Waals surface area contributed by atoms with E-state index < -0.39 is 0 Å². The van der Waals surface area contributed by atoms with Crippen molar-refractivity contribution < 1.29 is 9.59 Å². The zero-order chi connectivity index (χ0) is 15.1. The van der Waals surface area contributed by atoms with Crippen LogP contribution in [0.25, 0.3) is 0 Å². The first kappa shape index (κ1) is 15.3. The summed E-state index contributed by atoms with van der Waals surface area (Å²) >= 11 is 0. The van der Waals surface area contributed by atoms with Gasteiger partial charge in [0.25, 0.3) is 5.91 Å². The van der Waals surface area contributed by atoms with Gasteiger partial charge in [-0.15, -0.1) is 0 Å². The molecular weight excluding hydrogens is 268 g/mol. The average molecular weight is 290 g/mol. The summed E-state index contributed by atoms with van der Waals surface area (Å²) in [4.78, 5) is 29.8. The van der Waals surface area contributed by atoms with E-state index in [0.717, 1.165) is 25.9 Å². The van der Waals surface area contributed by atoms with E-state index in [1.165, 1.54) is 6.42 Å². The molecule has 1 saturated heterocycles. The van der Waals surface area contributed by atoms with Gasteiger partial charge in [0.1, 0.15) is 5.82 Å². The Kier molecular flexibility index (Phi) is 5.54. The van der Waals surface area contributed by atoms with Gasteiger partial charge in [0.2, 0.25) is 5.91 Å². The molecule has 1 aromatic heterocycles. The van der Waals surface area contributed by atoms with E-state index in [0.29, 0.717) is 24.3 Å². The number of hydrogen-bond acceptors (Lipinski definition) is 4. The molecule has 1 aliphatic heterocycles. The van der Waals surface area contributed by atoms with E-state index in [2.05, 4.69) is 15.6 Å². The van der Waals surface area contributed by atoms with Gasteiger partial charge in [-0.2, -0.15) is 0 Å². The van der Waals surface area contributed by atoms with Crippen molar-refractivity contribution in [3.05, 3.63) is 23.9 Å². The summed E-state index contributed by atoms with van der Waals surface area (Å²) in [5, 5.41) is 5.66. The van der Waals surface area contributed by atoms with Gasteiger partial charge in [-0.3, -0.25) is 9.59 Å². The lowest BCUT2D eigenvalue weighted by Gasteiger charge is -2.26. The van der Waals surface area contributed by atoms with Crippen LogP contribution in [0.5, 0.6) is 0 Å². The van der Waals surface area contributed by atoms with Gasteiger partial charge >= 0.3 is 0 Å². The number of rotatable bonds is 5. The maximum absolute atomic E-state index is 12.0. The molecule has 0 bridgehead atoms. The Labute approximate surface area is 124 Å². The van der Waals surface area contributed by atoms with Crippen molar-refractivity contribution >= 4 is 17.6 Å². The standard InChI is InChI=1S/C15H22N4O2/c1-16-15(21)12-6-5-8-17-14(12)18-9-7-13(20)19-10-3-2-4-11-19/h5-6,8H,2-4,7,9-11H2,1H3,(H,16,21)(H,17,18). The van der Waals surface area contributed by atoms with Crippen LogP contribution in [0.4, 0.5) is 5.82 Å². The summed E-state index contributed by atoms with van der Waals surface area (Å²) in [6.07, 6.45) is 5.46. The van der Waals surface area contributed by atoms with E-state index in [9.17, 15) is 9.59 Å². The topological polar surface area (TPSA) is 74.3 Å². The zero-order valence-corrected chi connectivity index (χ0v) is 12.4. The van der Waals surface area contributed by atoms with Gasteiger partial charge in [0.15, 0.2) is 0 Å². The SMILES string of the molecule is CNC(=O)c1cccnc1NCCC(=O)N1CCCCC1. The lowest BCUT2D eigenvalue weighted by Crippen LogP contribution is -2.36. The summed E-state index contributed by atoms with van der Waals surface area (Å²) < 4.78 is 0. The maximum Gasteiger partial charge on any atom is 0.254 e. The highest BCUT2D eigenvalue weighted by molar-refractivity contribution is 5.98. The van der Waals surface area contributed by atoms with Gasteiger partial charge in [-0.1, -0.05) is 0 Å². The summed E-state index contributed by atoms with van der Waals surface area (Å²) in [7, 11) is 1.58. The van der Waals surface area contributed by atoms with Gasteiger partial charge < -0.3 is 15.5 Å². The van der Waals surface area contributed by atoms with Crippen LogP contribution in [0.1, 0.15) is 36.0 Å². The van der Waals surface area contributed by atoms with Crippen LogP contribution in [0.2, 0.25) is 0 Å². The van der Waals surface area contributed by atoms with Crippen LogP contribution in [0.3, 0.4) is 0 Å². The smallest absolute Gasteiger partial charge is 0.254 e. The molecule has 6 nitrogen and oxygen atoms in total. The predicted molar refractivity (Wildman–Crippen MR) is 81.2 cm³/mol. The van der Waals surface area contributed by atoms with Crippen LogP contribution < -0.4 is 10.6 Å². The summed E-state index contributed by atoms with van der Waals surface area (Å²) in [5.74, 6) is 0.496. The van der Waals surface area contributed by atoms with E-state index in [-0.39, 0.29) is 11.8 Å². The minimum Gasteiger partial charge on any atom is -0.369 e. The van der Waals surface area contributed by atoms with Crippen molar-refractivity contribution in [1.82, 2.24) is 15.2 Å².